The topological polar surface area (TPSA) is 82.9 Å². The summed E-state index contributed by atoms with van der Waals surface area (Å²) >= 11 is 3.15. The Balaban J connectivity index is 2.34. The molecule has 1 aromatic heterocycles. The SMILES string of the molecule is N#Cc1cc(NS(=O)(=O)c2ccccc2)ncc1Br. The van der Waals surface area contributed by atoms with E-state index in [0.717, 1.165) is 0 Å². The number of halogens is 1. The molecule has 5 nitrogen and oxygen atoms in total. The van der Waals surface area contributed by atoms with Gasteiger partial charge in [-0.25, -0.2) is 13.4 Å². The molecule has 2 aromatic rings. The largest absolute Gasteiger partial charge is 0.263 e. The molecule has 0 amide bonds. The first-order valence-electron chi connectivity index (χ1n) is 5.16. The van der Waals surface area contributed by atoms with Crippen molar-refractivity contribution in [3.8, 4) is 6.07 Å². The number of aromatic nitrogens is 1. The van der Waals surface area contributed by atoms with Gasteiger partial charge in [-0.2, -0.15) is 5.26 Å². The zero-order valence-electron chi connectivity index (χ0n) is 9.54. The lowest BCUT2D eigenvalue weighted by molar-refractivity contribution is 0.601. The number of nitrogens with zero attached hydrogens (tertiary/aromatic N) is 2. The molecule has 1 heterocycles. The summed E-state index contributed by atoms with van der Waals surface area (Å²) in [6.45, 7) is 0. The fraction of sp³-hybridized carbons (Fsp3) is 0. The second-order valence-electron chi connectivity index (χ2n) is 3.58. The highest BCUT2D eigenvalue weighted by Crippen LogP contribution is 2.19. The maximum Gasteiger partial charge on any atom is 0.263 e. The molecule has 0 aliphatic heterocycles. The smallest absolute Gasteiger partial charge is 0.263 e. The fourth-order valence-electron chi connectivity index (χ4n) is 1.38. The molecular formula is C12H8BrN3O2S. The van der Waals surface area contributed by atoms with Crippen LogP contribution in [0.5, 0.6) is 0 Å². The van der Waals surface area contributed by atoms with Gasteiger partial charge in [-0.05, 0) is 28.1 Å². The van der Waals surface area contributed by atoms with Crippen LogP contribution in [0, 0.1) is 11.3 Å². The predicted octanol–water partition coefficient (Wildman–Crippen LogP) is 2.52. The van der Waals surface area contributed by atoms with Gasteiger partial charge in [0.2, 0.25) is 0 Å². The van der Waals surface area contributed by atoms with E-state index in [0.29, 0.717) is 10.0 Å². The molecule has 0 radical (unpaired) electrons. The molecule has 0 spiro atoms. The molecule has 1 N–H and O–H groups in total. The lowest BCUT2D eigenvalue weighted by Gasteiger charge is -2.07. The molecular weight excluding hydrogens is 330 g/mol. The molecule has 2 rings (SSSR count). The standard InChI is InChI=1S/C12H8BrN3O2S/c13-11-8-15-12(6-9(11)7-14)16-19(17,18)10-4-2-1-3-5-10/h1-6,8H,(H,15,16). The maximum atomic E-state index is 12.0. The highest BCUT2D eigenvalue weighted by molar-refractivity contribution is 9.10. The monoisotopic (exact) mass is 337 g/mol. The van der Waals surface area contributed by atoms with Gasteiger partial charge in [0.05, 0.1) is 14.9 Å². The Morgan fingerprint density at radius 3 is 2.58 bits per heavy atom. The third kappa shape index (κ3) is 3.10. The molecule has 0 bridgehead atoms. The molecule has 96 valence electrons. The van der Waals surface area contributed by atoms with E-state index in [9.17, 15) is 8.42 Å². The Labute approximate surface area is 119 Å². The summed E-state index contributed by atoms with van der Waals surface area (Å²) in [5, 5.41) is 8.87. The number of benzene rings is 1. The van der Waals surface area contributed by atoms with E-state index in [2.05, 4.69) is 25.6 Å². The van der Waals surface area contributed by atoms with Crippen LogP contribution in [0.4, 0.5) is 5.82 Å². The number of rotatable bonds is 3. The molecule has 0 aliphatic carbocycles. The van der Waals surface area contributed by atoms with Crippen molar-refractivity contribution < 1.29 is 8.42 Å². The average molecular weight is 338 g/mol. The molecule has 0 saturated carbocycles. The van der Waals surface area contributed by atoms with E-state index in [1.54, 1.807) is 18.2 Å². The average Bonchev–Trinajstić information content (AvgIpc) is 2.42. The van der Waals surface area contributed by atoms with Crippen LogP contribution in [0.1, 0.15) is 5.56 Å². The number of nitriles is 1. The van der Waals surface area contributed by atoms with Crippen LogP contribution in [-0.2, 0) is 10.0 Å². The van der Waals surface area contributed by atoms with Gasteiger partial charge in [0.25, 0.3) is 10.0 Å². The molecule has 0 atom stereocenters. The quantitative estimate of drug-likeness (QED) is 0.932. The van der Waals surface area contributed by atoms with Crippen LogP contribution in [0.15, 0.2) is 52.0 Å². The minimum Gasteiger partial charge on any atom is -0.263 e. The Morgan fingerprint density at radius 2 is 1.95 bits per heavy atom. The predicted molar refractivity (Wildman–Crippen MR) is 73.9 cm³/mol. The third-order valence-corrected chi connectivity index (χ3v) is 4.27. The Bertz CT molecular complexity index is 739. The number of pyridine rings is 1. The van der Waals surface area contributed by atoms with Crippen LogP contribution in [0.3, 0.4) is 0 Å². The minimum atomic E-state index is -3.69. The van der Waals surface area contributed by atoms with Crippen LogP contribution in [-0.4, -0.2) is 13.4 Å². The van der Waals surface area contributed by atoms with Crippen LogP contribution in [0.2, 0.25) is 0 Å². The first kappa shape index (κ1) is 13.5. The Kier molecular flexibility index (Phi) is 3.83. The first-order chi connectivity index (χ1) is 9.03. The second kappa shape index (κ2) is 5.38. The van der Waals surface area contributed by atoms with Crippen molar-refractivity contribution in [1.29, 1.82) is 5.26 Å². The van der Waals surface area contributed by atoms with E-state index in [1.807, 2.05) is 6.07 Å². The first-order valence-corrected chi connectivity index (χ1v) is 7.44. The van der Waals surface area contributed by atoms with E-state index >= 15 is 0 Å². The number of nitrogens with one attached hydrogen (secondary N) is 1. The van der Waals surface area contributed by atoms with Gasteiger partial charge < -0.3 is 0 Å². The van der Waals surface area contributed by atoms with Gasteiger partial charge >= 0.3 is 0 Å². The van der Waals surface area contributed by atoms with Crippen LogP contribution < -0.4 is 4.72 Å². The molecule has 0 fully saturated rings. The molecule has 0 aliphatic rings. The highest BCUT2D eigenvalue weighted by Gasteiger charge is 2.14. The molecule has 19 heavy (non-hydrogen) atoms. The maximum absolute atomic E-state index is 12.0. The summed E-state index contributed by atoms with van der Waals surface area (Å²) in [7, 11) is -3.69. The number of anilines is 1. The molecule has 7 heteroatoms. The van der Waals surface area contributed by atoms with Gasteiger partial charge in [0.15, 0.2) is 0 Å². The number of hydrogen-bond donors (Lipinski definition) is 1. The van der Waals surface area contributed by atoms with Crippen molar-refractivity contribution >= 4 is 31.8 Å². The zero-order valence-corrected chi connectivity index (χ0v) is 11.9. The Morgan fingerprint density at radius 1 is 1.26 bits per heavy atom. The van der Waals surface area contributed by atoms with Crippen molar-refractivity contribution in [1.82, 2.24) is 4.98 Å². The number of sulfonamides is 1. The summed E-state index contributed by atoms with van der Waals surface area (Å²) in [4.78, 5) is 4.05. The molecule has 0 unspecified atom stereocenters. The third-order valence-electron chi connectivity index (χ3n) is 2.27. The van der Waals surface area contributed by atoms with Crippen molar-refractivity contribution in [2.24, 2.45) is 0 Å². The Hall–Kier alpha value is -1.91. The van der Waals surface area contributed by atoms with Gasteiger partial charge in [-0.1, -0.05) is 18.2 Å². The summed E-state index contributed by atoms with van der Waals surface area (Å²) < 4.78 is 26.9. The number of hydrogen-bond acceptors (Lipinski definition) is 4. The zero-order chi connectivity index (χ0) is 13.9. The highest BCUT2D eigenvalue weighted by atomic mass is 79.9. The fourth-order valence-corrected chi connectivity index (χ4v) is 2.70. The van der Waals surface area contributed by atoms with Gasteiger partial charge in [-0.15, -0.1) is 0 Å². The van der Waals surface area contributed by atoms with E-state index < -0.39 is 10.0 Å². The van der Waals surface area contributed by atoms with Crippen LogP contribution in [0.25, 0.3) is 0 Å². The van der Waals surface area contributed by atoms with E-state index in [4.69, 9.17) is 5.26 Å². The van der Waals surface area contributed by atoms with Crippen molar-refractivity contribution in [2.75, 3.05) is 4.72 Å². The van der Waals surface area contributed by atoms with E-state index in [1.165, 1.54) is 24.4 Å². The van der Waals surface area contributed by atoms with Crippen LogP contribution >= 0.6 is 15.9 Å². The van der Waals surface area contributed by atoms with Crippen molar-refractivity contribution in [2.45, 2.75) is 4.90 Å². The van der Waals surface area contributed by atoms with Gasteiger partial charge in [0.1, 0.15) is 11.9 Å². The summed E-state index contributed by atoms with van der Waals surface area (Å²) in [6, 6.07) is 11.2. The van der Waals surface area contributed by atoms with Crippen molar-refractivity contribution in [3.05, 3.63) is 52.6 Å². The molecule has 0 saturated heterocycles. The second-order valence-corrected chi connectivity index (χ2v) is 6.12. The summed E-state index contributed by atoms with van der Waals surface area (Å²) in [6.07, 6.45) is 1.38. The minimum absolute atomic E-state index is 0.101. The van der Waals surface area contributed by atoms with Crippen molar-refractivity contribution in [3.63, 3.8) is 0 Å². The summed E-state index contributed by atoms with van der Waals surface area (Å²) in [5.41, 5.74) is 0.306. The summed E-state index contributed by atoms with van der Waals surface area (Å²) in [5.74, 6) is 0.101. The van der Waals surface area contributed by atoms with Gasteiger partial charge in [0, 0.05) is 12.3 Å². The van der Waals surface area contributed by atoms with Gasteiger partial charge in [-0.3, -0.25) is 4.72 Å². The normalized spacial score (nSPS) is 10.7. The van der Waals surface area contributed by atoms with E-state index in [-0.39, 0.29) is 10.7 Å². The molecule has 1 aromatic carbocycles. The lowest BCUT2D eigenvalue weighted by Crippen LogP contribution is -2.13. The lowest BCUT2D eigenvalue weighted by atomic mass is 10.3.